The van der Waals surface area contributed by atoms with Gasteiger partial charge in [0.2, 0.25) is 17.7 Å². The number of carbonyl (C=O) groups is 3. The molecule has 2 unspecified atom stereocenters. The molecule has 0 saturated carbocycles. The second kappa shape index (κ2) is 13.9. The van der Waals surface area contributed by atoms with Crippen molar-refractivity contribution in [2.24, 2.45) is 0 Å². The topological polar surface area (TPSA) is 69.7 Å². The van der Waals surface area contributed by atoms with Crippen molar-refractivity contribution in [1.82, 2.24) is 15.1 Å². The maximum absolute atomic E-state index is 13.4. The Labute approximate surface area is 193 Å². The Morgan fingerprint density at radius 1 is 0.969 bits per heavy atom. The van der Waals surface area contributed by atoms with Gasteiger partial charge in [-0.15, -0.1) is 0 Å². The zero-order valence-corrected chi connectivity index (χ0v) is 20.1. The first-order valence-corrected chi connectivity index (χ1v) is 12.4. The molecular weight excluding hydrogens is 402 g/mol. The zero-order valence-electron chi connectivity index (χ0n) is 20.1. The van der Waals surface area contributed by atoms with E-state index in [1.165, 1.54) is 0 Å². The van der Waals surface area contributed by atoms with Gasteiger partial charge in [0, 0.05) is 44.9 Å². The zero-order chi connectivity index (χ0) is 23.3. The number of nitrogens with zero attached hydrogens (tertiary/aromatic N) is 2. The van der Waals surface area contributed by atoms with Crippen LogP contribution in [0, 0.1) is 0 Å². The standard InChI is InChI=1S/C26H41N3O3/c1-4-6-8-12-15-24(30)27-23(19-22-13-10-9-11-14-22)26(32)28-17-18-29(21(3)20-28)25(31)16-7-5-2/h9-11,13-14,21,23H,4-8,12,15-20H2,1-3H3,(H,27,30). The summed E-state index contributed by atoms with van der Waals surface area (Å²) >= 11 is 0. The molecule has 3 amide bonds. The lowest BCUT2D eigenvalue weighted by atomic mass is 10.0. The van der Waals surface area contributed by atoms with Crippen LogP contribution in [-0.2, 0) is 20.8 Å². The van der Waals surface area contributed by atoms with Gasteiger partial charge >= 0.3 is 0 Å². The van der Waals surface area contributed by atoms with E-state index in [9.17, 15) is 14.4 Å². The van der Waals surface area contributed by atoms with Crippen LogP contribution >= 0.6 is 0 Å². The first-order valence-electron chi connectivity index (χ1n) is 12.4. The van der Waals surface area contributed by atoms with Crippen LogP contribution in [0.15, 0.2) is 30.3 Å². The van der Waals surface area contributed by atoms with Crippen molar-refractivity contribution in [3.05, 3.63) is 35.9 Å². The smallest absolute Gasteiger partial charge is 0.245 e. The fourth-order valence-electron chi connectivity index (χ4n) is 4.25. The maximum Gasteiger partial charge on any atom is 0.245 e. The fourth-order valence-corrected chi connectivity index (χ4v) is 4.25. The lowest BCUT2D eigenvalue weighted by molar-refractivity contribution is -0.144. The molecule has 1 N–H and O–H groups in total. The van der Waals surface area contributed by atoms with E-state index in [0.717, 1.165) is 44.1 Å². The van der Waals surface area contributed by atoms with Crippen molar-refractivity contribution < 1.29 is 14.4 Å². The molecular formula is C26H41N3O3. The molecule has 1 heterocycles. The Morgan fingerprint density at radius 3 is 2.34 bits per heavy atom. The van der Waals surface area contributed by atoms with Gasteiger partial charge in [0.05, 0.1) is 0 Å². The van der Waals surface area contributed by atoms with Crippen molar-refractivity contribution >= 4 is 17.7 Å². The third-order valence-electron chi connectivity index (χ3n) is 6.18. The molecule has 2 atom stereocenters. The van der Waals surface area contributed by atoms with E-state index in [1.807, 2.05) is 47.1 Å². The summed E-state index contributed by atoms with van der Waals surface area (Å²) in [5.41, 5.74) is 1.03. The van der Waals surface area contributed by atoms with Gasteiger partial charge in [-0.2, -0.15) is 0 Å². The SMILES string of the molecule is CCCCCCC(=O)NC(Cc1ccccc1)C(=O)N1CCN(C(=O)CCCC)C(C)C1. The average Bonchev–Trinajstić information content (AvgIpc) is 2.80. The van der Waals surface area contributed by atoms with E-state index in [1.54, 1.807) is 0 Å². The monoisotopic (exact) mass is 443 g/mol. The van der Waals surface area contributed by atoms with Crippen LogP contribution in [0.1, 0.15) is 77.7 Å². The van der Waals surface area contributed by atoms with Crippen LogP contribution in [0.2, 0.25) is 0 Å². The van der Waals surface area contributed by atoms with Gasteiger partial charge in [-0.3, -0.25) is 14.4 Å². The van der Waals surface area contributed by atoms with Crippen LogP contribution in [0.4, 0.5) is 0 Å². The lowest BCUT2D eigenvalue weighted by Gasteiger charge is -2.41. The average molecular weight is 444 g/mol. The van der Waals surface area contributed by atoms with E-state index in [4.69, 9.17) is 0 Å². The number of nitrogens with one attached hydrogen (secondary N) is 1. The number of rotatable bonds is 12. The van der Waals surface area contributed by atoms with Crippen molar-refractivity contribution in [2.45, 2.75) is 90.6 Å². The Balaban J connectivity index is 2.00. The molecule has 0 spiro atoms. The van der Waals surface area contributed by atoms with Gasteiger partial charge in [-0.25, -0.2) is 0 Å². The van der Waals surface area contributed by atoms with Crippen LogP contribution in [0.3, 0.4) is 0 Å². The Bertz CT molecular complexity index is 722. The van der Waals surface area contributed by atoms with Crippen molar-refractivity contribution in [3.8, 4) is 0 Å². The first kappa shape index (κ1) is 25.9. The largest absolute Gasteiger partial charge is 0.344 e. The Morgan fingerprint density at radius 2 is 1.69 bits per heavy atom. The quantitative estimate of drug-likeness (QED) is 0.498. The molecule has 1 aromatic rings. The van der Waals surface area contributed by atoms with Crippen molar-refractivity contribution in [2.75, 3.05) is 19.6 Å². The van der Waals surface area contributed by atoms with Gasteiger partial charge in [0.15, 0.2) is 0 Å². The molecule has 0 aliphatic carbocycles. The molecule has 1 fully saturated rings. The predicted molar refractivity (Wildman–Crippen MR) is 128 cm³/mol. The van der Waals surface area contributed by atoms with Gasteiger partial charge < -0.3 is 15.1 Å². The summed E-state index contributed by atoms with van der Waals surface area (Å²) in [4.78, 5) is 42.2. The number of hydrogen-bond donors (Lipinski definition) is 1. The van der Waals surface area contributed by atoms with Crippen LogP contribution in [0.5, 0.6) is 0 Å². The summed E-state index contributed by atoms with van der Waals surface area (Å²) in [5, 5.41) is 3.01. The highest BCUT2D eigenvalue weighted by atomic mass is 16.2. The molecule has 0 radical (unpaired) electrons. The predicted octanol–water partition coefficient (Wildman–Crippen LogP) is 3.93. The molecule has 6 heteroatoms. The van der Waals surface area contributed by atoms with E-state index in [2.05, 4.69) is 19.2 Å². The van der Waals surface area contributed by atoms with E-state index in [-0.39, 0.29) is 23.8 Å². The fraction of sp³-hybridized carbons (Fsp3) is 0.654. The highest BCUT2D eigenvalue weighted by Crippen LogP contribution is 2.15. The first-order chi connectivity index (χ1) is 15.5. The number of piperazine rings is 1. The molecule has 1 aromatic carbocycles. The second-order valence-corrected chi connectivity index (χ2v) is 8.94. The van der Waals surface area contributed by atoms with Crippen molar-refractivity contribution in [1.29, 1.82) is 0 Å². The van der Waals surface area contributed by atoms with Gasteiger partial charge in [-0.05, 0) is 25.3 Å². The highest BCUT2D eigenvalue weighted by Gasteiger charge is 2.33. The van der Waals surface area contributed by atoms with E-state index in [0.29, 0.717) is 38.9 Å². The Hall–Kier alpha value is -2.37. The van der Waals surface area contributed by atoms with Crippen molar-refractivity contribution in [3.63, 3.8) is 0 Å². The summed E-state index contributed by atoms with van der Waals surface area (Å²) in [6, 6.07) is 9.23. The molecule has 1 aliphatic rings. The Kier molecular flexibility index (Phi) is 11.3. The second-order valence-electron chi connectivity index (χ2n) is 8.94. The normalized spacial score (nSPS) is 17.2. The summed E-state index contributed by atoms with van der Waals surface area (Å²) in [5.74, 6) is 0.0627. The molecule has 6 nitrogen and oxygen atoms in total. The molecule has 178 valence electrons. The van der Waals surface area contributed by atoms with Crippen LogP contribution in [-0.4, -0.2) is 59.2 Å². The third-order valence-corrected chi connectivity index (χ3v) is 6.18. The number of amides is 3. The van der Waals surface area contributed by atoms with Gasteiger partial charge in [-0.1, -0.05) is 69.9 Å². The summed E-state index contributed by atoms with van der Waals surface area (Å²) in [6.45, 7) is 7.80. The van der Waals surface area contributed by atoms with Gasteiger partial charge in [0.25, 0.3) is 0 Å². The number of benzene rings is 1. The van der Waals surface area contributed by atoms with Crippen LogP contribution < -0.4 is 5.32 Å². The summed E-state index contributed by atoms with van der Waals surface area (Å²) in [6.07, 6.45) is 7.53. The highest BCUT2D eigenvalue weighted by molar-refractivity contribution is 5.88. The lowest BCUT2D eigenvalue weighted by Crippen LogP contribution is -2.59. The van der Waals surface area contributed by atoms with E-state index < -0.39 is 6.04 Å². The summed E-state index contributed by atoms with van der Waals surface area (Å²) < 4.78 is 0. The molecule has 0 bridgehead atoms. The molecule has 32 heavy (non-hydrogen) atoms. The minimum absolute atomic E-state index is 0.0147. The van der Waals surface area contributed by atoms with Gasteiger partial charge in [0.1, 0.15) is 6.04 Å². The maximum atomic E-state index is 13.4. The third kappa shape index (κ3) is 8.29. The van der Waals surface area contributed by atoms with E-state index >= 15 is 0 Å². The minimum Gasteiger partial charge on any atom is -0.344 e. The molecule has 1 aliphatic heterocycles. The summed E-state index contributed by atoms with van der Waals surface area (Å²) in [7, 11) is 0. The molecule has 2 rings (SSSR count). The number of hydrogen-bond acceptors (Lipinski definition) is 3. The molecule has 0 aromatic heterocycles. The number of unbranched alkanes of at least 4 members (excludes halogenated alkanes) is 4. The molecule has 1 saturated heterocycles. The number of carbonyl (C=O) groups excluding carboxylic acids is 3. The minimum atomic E-state index is -0.578. The van der Waals surface area contributed by atoms with Crippen LogP contribution in [0.25, 0.3) is 0 Å².